The minimum atomic E-state index is -4.42. The summed E-state index contributed by atoms with van der Waals surface area (Å²) in [7, 11) is 0. The van der Waals surface area contributed by atoms with Crippen LogP contribution in [0.2, 0.25) is 0 Å². The number of rotatable bonds is 6. The van der Waals surface area contributed by atoms with E-state index in [1.54, 1.807) is 0 Å². The fourth-order valence-electron chi connectivity index (χ4n) is 1.68. The second kappa shape index (κ2) is 7.44. The summed E-state index contributed by atoms with van der Waals surface area (Å²) >= 11 is 1.81. The fraction of sp³-hybridized carbons (Fsp3) is 0.500. The molecule has 110 valence electrons. The Morgan fingerprint density at radius 3 is 2.65 bits per heavy atom. The van der Waals surface area contributed by atoms with Crippen molar-refractivity contribution in [3.63, 3.8) is 0 Å². The molecule has 0 fully saturated rings. The second-order valence-electron chi connectivity index (χ2n) is 4.40. The highest BCUT2D eigenvalue weighted by molar-refractivity contribution is 7.99. The molecule has 0 radical (unpaired) electrons. The lowest BCUT2D eigenvalue weighted by Crippen LogP contribution is -2.17. The number of hydrogen-bond donors (Lipinski definition) is 1. The van der Waals surface area contributed by atoms with E-state index in [1.165, 1.54) is 6.07 Å². The Morgan fingerprint density at radius 1 is 1.40 bits per heavy atom. The molecule has 0 saturated heterocycles. The third-order valence-electron chi connectivity index (χ3n) is 2.77. The normalized spacial score (nSPS) is 12.8. The van der Waals surface area contributed by atoms with Gasteiger partial charge < -0.3 is 5.32 Å². The predicted molar refractivity (Wildman–Crippen MR) is 76.9 cm³/mol. The zero-order valence-electron chi connectivity index (χ0n) is 11.4. The van der Waals surface area contributed by atoms with Crippen LogP contribution in [0.5, 0.6) is 0 Å². The van der Waals surface area contributed by atoms with Gasteiger partial charge in [-0.2, -0.15) is 30.2 Å². The van der Waals surface area contributed by atoms with Gasteiger partial charge in [-0.1, -0.05) is 6.92 Å². The second-order valence-corrected chi connectivity index (χ2v) is 5.79. The van der Waals surface area contributed by atoms with E-state index in [0.29, 0.717) is 5.69 Å². The SMILES string of the molecule is CCSCCC(C)Nc1ccc(C(F)(F)F)cc1C#N. The van der Waals surface area contributed by atoms with Crippen molar-refractivity contribution >= 4 is 17.4 Å². The molecule has 0 spiro atoms. The summed E-state index contributed by atoms with van der Waals surface area (Å²) in [6.07, 6.45) is -3.53. The number of alkyl halides is 3. The Kier molecular flexibility index (Phi) is 6.21. The van der Waals surface area contributed by atoms with Gasteiger partial charge in [0.15, 0.2) is 0 Å². The molecule has 1 rings (SSSR count). The van der Waals surface area contributed by atoms with Crippen LogP contribution in [0.15, 0.2) is 18.2 Å². The molecule has 0 bridgehead atoms. The van der Waals surface area contributed by atoms with E-state index in [-0.39, 0.29) is 11.6 Å². The summed E-state index contributed by atoms with van der Waals surface area (Å²) in [5.41, 5.74) is -0.321. The van der Waals surface area contributed by atoms with Gasteiger partial charge in [0.2, 0.25) is 0 Å². The molecule has 20 heavy (non-hydrogen) atoms. The van der Waals surface area contributed by atoms with Crippen LogP contribution in [-0.4, -0.2) is 17.5 Å². The molecule has 0 aliphatic heterocycles. The number of hydrogen-bond acceptors (Lipinski definition) is 3. The number of halogens is 3. The third kappa shape index (κ3) is 4.97. The Labute approximate surface area is 121 Å². The quantitative estimate of drug-likeness (QED) is 0.785. The van der Waals surface area contributed by atoms with Gasteiger partial charge in [-0.15, -0.1) is 0 Å². The van der Waals surface area contributed by atoms with Crippen molar-refractivity contribution in [3.8, 4) is 6.07 Å². The zero-order chi connectivity index (χ0) is 15.2. The summed E-state index contributed by atoms with van der Waals surface area (Å²) < 4.78 is 37.7. The van der Waals surface area contributed by atoms with Crippen LogP contribution < -0.4 is 5.32 Å². The van der Waals surface area contributed by atoms with Crippen LogP contribution >= 0.6 is 11.8 Å². The van der Waals surface area contributed by atoms with Crippen LogP contribution in [0.25, 0.3) is 0 Å². The number of nitrogens with zero attached hydrogens (tertiary/aromatic N) is 1. The van der Waals surface area contributed by atoms with E-state index in [0.717, 1.165) is 30.1 Å². The maximum absolute atomic E-state index is 12.6. The van der Waals surface area contributed by atoms with Gasteiger partial charge in [0.25, 0.3) is 0 Å². The monoisotopic (exact) mass is 302 g/mol. The Morgan fingerprint density at radius 2 is 2.10 bits per heavy atom. The minimum absolute atomic E-state index is 0.0230. The lowest BCUT2D eigenvalue weighted by molar-refractivity contribution is -0.137. The van der Waals surface area contributed by atoms with Crippen LogP contribution in [0, 0.1) is 11.3 Å². The zero-order valence-corrected chi connectivity index (χ0v) is 12.2. The largest absolute Gasteiger partial charge is 0.416 e. The first kappa shape index (κ1) is 16.7. The lowest BCUT2D eigenvalue weighted by atomic mass is 10.1. The molecule has 0 aliphatic carbocycles. The highest BCUT2D eigenvalue weighted by Crippen LogP contribution is 2.31. The number of nitrogens with one attached hydrogen (secondary N) is 1. The van der Waals surface area contributed by atoms with Crippen molar-refractivity contribution in [1.82, 2.24) is 0 Å². The van der Waals surface area contributed by atoms with E-state index >= 15 is 0 Å². The van der Waals surface area contributed by atoms with Crippen LogP contribution in [0.3, 0.4) is 0 Å². The van der Waals surface area contributed by atoms with Gasteiger partial charge in [-0.25, -0.2) is 0 Å². The van der Waals surface area contributed by atoms with Crippen LogP contribution in [-0.2, 0) is 6.18 Å². The summed E-state index contributed by atoms with van der Waals surface area (Å²) in [5, 5.41) is 12.1. The van der Waals surface area contributed by atoms with E-state index in [1.807, 2.05) is 24.8 Å². The van der Waals surface area contributed by atoms with Gasteiger partial charge in [0, 0.05) is 6.04 Å². The van der Waals surface area contributed by atoms with E-state index in [4.69, 9.17) is 5.26 Å². The molecule has 2 nitrogen and oxygen atoms in total. The minimum Gasteiger partial charge on any atom is -0.381 e. The van der Waals surface area contributed by atoms with Crippen LogP contribution in [0.4, 0.5) is 18.9 Å². The van der Waals surface area contributed by atoms with Crippen molar-refractivity contribution in [2.45, 2.75) is 32.5 Å². The highest BCUT2D eigenvalue weighted by Gasteiger charge is 2.31. The van der Waals surface area contributed by atoms with Gasteiger partial charge in [0.05, 0.1) is 16.8 Å². The Hall–Kier alpha value is -1.35. The molecule has 1 aromatic carbocycles. The van der Waals surface area contributed by atoms with E-state index < -0.39 is 11.7 Å². The van der Waals surface area contributed by atoms with Crippen molar-refractivity contribution < 1.29 is 13.2 Å². The molecular formula is C14H17F3N2S. The molecule has 1 unspecified atom stereocenters. The predicted octanol–water partition coefficient (Wildman–Crippen LogP) is 4.52. The molecule has 1 aromatic rings. The average molecular weight is 302 g/mol. The first-order valence-corrected chi connectivity index (χ1v) is 7.49. The van der Waals surface area contributed by atoms with Crippen LogP contribution in [0.1, 0.15) is 31.4 Å². The van der Waals surface area contributed by atoms with Crippen molar-refractivity contribution in [2.75, 3.05) is 16.8 Å². The first-order valence-electron chi connectivity index (χ1n) is 6.34. The summed E-state index contributed by atoms with van der Waals surface area (Å²) in [5.74, 6) is 2.02. The topological polar surface area (TPSA) is 35.8 Å². The lowest BCUT2D eigenvalue weighted by Gasteiger charge is -2.17. The smallest absolute Gasteiger partial charge is 0.381 e. The molecule has 0 saturated carbocycles. The standard InChI is InChI=1S/C14H17F3N2S/c1-3-20-7-6-10(2)19-13-5-4-12(14(15,16)17)8-11(13)9-18/h4-5,8,10,19H,3,6-7H2,1-2H3. The number of thioether (sulfide) groups is 1. The maximum Gasteiger partial charge on any atom is 0.416 e. The average Bonchev–Trinajstić information content (AvgIpc) is 2.38. The summed E-state index contributed by atoms with van der Waals surface area (Å²) in [6, 6.07) is 5.13. The Bertz CT molecular complexity index is 480. The highest BCUT2D eigenvalue weighted by atomic mass is 32.2. The molecular weight excluding hydrogens is 285 g/mol. The van der Waals surface area contributed by atoms with Gasteiger partial charge in [-0.05, 0) is 43.0 Å². The molecule has 0 amide bonds. The molecule has 1 N–H and O–H groups in total. The summed E-state index contributed by atoms with van der Waals surface area (Å²) in [4.78, 5) is 0. The molecule has 6 heteroatoms. The third-order valence-corrected chi connectivity index (χ3v) is 3.70. The van der Waals surface area contributed by atoms with Gasteiger partial charge >= 0.3 is 6.18 Å². The Balaban J connectivity index is 2.79. The fourth-order valence-corrected chi connectivity index (χ4v) is 2.49. The van der Waals surface area contributed by atoms with Crippen molar-refractivity contribution in [1.29, 1.82) is 5.26 Å². The number of nitriles is 1. The van der Waals surface area contributed by atoms with Gasteiger partial charge in [-0.3, -0.25) is 0 Å². The maximum atomic E-state index is 12.6. The molecule has 1 atom stereocenters. The number of benzene rings is 1. The van der Waals surface area contributed by atoms with E-state index in [9.17, 15) is 13.2 Å². The summed E-state index contributed by atoms with van der Waals surface area (Å²) in [6.45, 7) is 4.03. The van der Waals surface area contributed by atoms with E-state index in [2.05, 4.69) is 12.2 Å². The molecule has 0 aromatic heterocycles. The first-order chi connectivity index (χ1) is 9.38. The van der Waals surface area contributed by atoms with Crippen molar-refractivity contribution in [2.24, 2.45) is 0 Å². The van der Waals surface area contributed by atoms with Gasteiger partial charge in [0.1, 0.15) is 6.07 Å². The number of anilines is 1. The van der Waals surface area contributed by atoms with Crippen molar-refractivity contribution in [3.05, 3.63) is 29.3 Å². The molecule has 0 heterocycles. The molecule has 0 aliphatic rings.